The Hall–Kier alpha value is -2.04. The van der Waals surface area contributed by atoms with Crippen molar-refractivity contribution in [2.45, 2.75) is 33.6 Å². The first-order valence-corrected chi connectivity index (χ1v) is 9.12. The van der Waals surface area contributed by atoms with E-state index >= 15 is 0 Å². The highest BCUT2D eigenvalue weighted by Gasteiger charge is 2.29. The molecule has 5 heteroatoms. The number of piperidine rings is 1. The predicted molar refractivity (Wildman–Crippen MR) is 98.5 cm³/mol. The molecule has 1 aliphatic heterocycles. The number of amides is 2. The van der Waals surface area contributed by atoms with E-state index in [-0.39, 0.29) is 23.7 Å². The monoisotopic (exact) mass is 346 g/mol. The summed E-state index contributed by atoms with van der Waals surface area (Å²) in [6.07, 6.45) is 1.50. The summed E-state index contributed by atoms with van der Waals surface area (Å²) >= 11 is 0. The normalized spacial score (nSPS) is 15.3. The van der Waals surface area contributed by atoms with Gasteiger partial charge in [0.2, 0.25) is 11.8 Å². The van der Waals surface area contributed by atoms with Crippen molar-refractivity contribution in [2.24, 2.45) is 11.8 Å². The molecule has 1 saturated heterocycles. The third-order valence-corrected chi connectivity index (χ3v) is 4.80. The summed E-state index contributed by atoms with van der Waals surface area (Å²) in [7, 11) is 1.83. The van der Waals surface area contributed by atoms with Gasteiger partial charge in [0.25, 0.3) is 0 Å². The second kappa shape index (κ2) is 8.88. The molecule has 1 aromatic rings. The van der Waals surface area contributed by atoms with Crippen LogP contribution >= 0.6 is 0 Å². The zero-order chi connectivity index (χ0) is 18.4. The van der Waals surface area contributed by atoms with E-state index in [2.05, 4.69) is 0 Å². The van der Waals surface area contributed by atoms with Gasteiger partial charge in [0.1, 0.15) is 12.4 Å². The molecule has 0 radical (unpaired) electrons. The Morgan fingerprint density at radius 1 is 1.24 bits per heavy atom. The number of nitrogens with zero attached hydrogens (tertiary/aromatic N) is 2. The van der Waals surface area contributed by atoms with Crippen molar-refractivity contribution in [1.29, 1.82) is 0 Å². The van der Waals surface area contributed by atoms with Crippen molar-refractivity contribution < 1.29 is 14.3 Å². The molecule has 2 rings (SSSR count). The molecule has 2 amide bonds. The van der Waals surface area contributed by atoms with E-state index in [0.717, 1.165) is 24.2 Å². The van der Waals surface area contributed by atoms with E-state index in [1.54, 1.807) is 4.90 Å². The van der Waals surface area contributed by atoms with E-state index in [9.17, 15) is 9.59 Å². The lowest BCUT2D eigenvalue weighted by atomic mass is 9.94. The largest absolute Gasteiger partial charge is 0.491 e. The van der Waals surface area contributed by atoms with Crippen LogP contribution in [0.5, 0.6) is 5.75 Å². The minimum Gasteiger partial charge on any atom is -0.491 e. The number of benzene rings is 1. The number of hydrogen-bond donors (Lipinski definition) is 0. The molecule has 0 saturated carbocycles. The average Bonchev–Trinajstić information content (AvgIpc) is 2.62. The first-order valence-electron chi connectivity index (χ1n) is 9.12. The van der Waals surface area contributed by atoms with E-state index < -0.39 is 0 Å². The van der Waals surface area contributed by atoms with E-state index in [4.69, 9.17) is 4.74 Å². The fraction of sp³-hybridized carbons (Fsp3) is 0.600. The molecule has 0 aliphatic carbocycles. The molecular weight excluding hydrogens is 316 g/mol. The van der Waals surface area contributed by atoms with Crippen LogP contribution in [0.2, 0.25) is 0 Å². The van der Waals surface area contributed by atoms with Gasteiger partial charge in [-0.25, -0.2) is 0 Å². The minimum atomic E-state index is 0.0136. The summed E-state index contributed by atoms with van der Waals surface area (Å²) in [6.45, 7) is 8.26. The second-order valence-corrected chi connectivity index (χ2v) is 7.13. The van der Waals surface area contributed by atoms with Crippen LogP contribution in [-0.2, 0) is 9.59 Å². The maximum atomic E-state index is 12.6. The van der Waals surface area contributed by atoms with Crippen LogP contribution in [-0.4, -0.2) is 54.9 Å². The fourth-order valence-electron chi connectivity index (χ4n) is 3.14. The maximum absolute atomic E-state index is 12.6. The highest BCUT2D eigenvalue weighted by molar-refractivity contribution is 5.80. The molecule has 0 bridgehead atoms. The van der Waals surface area contributed by atoms with Crippen LogP contribution in [0.25, 0.3) is 0 Å². The van der Waals surface area contributed by atoms with Crippen LogP contribution in [0.3, 0.4) is 0 Å². The molecule has 1 aliphatic rings. The Morgan fingerprint density at radius 3 is 2.48 bits per heavy atom. The van der Waals surface area contributed by atoms with E-state index in [0.29, 0.717) is 26.2 Å². The van der Waals surface area contributed by atoms with Gasteiger partial charge in [0, 0.05) is 32.0 Å². The summed E-state index contributed by atoms with van der Waals surface area (Å²) in [4.78, 5) is 28.2. The number of carbonyl (C=O) groups is 2. The van der Waals surface area contributed by atoms with Crippen molar-refractivity contribution in [3.05, 3.63) is 29.8 Å². The highest BCUT2D eigenvalue weighted by Crippen LogP contribution is 2.21. The molecule has 0 unspecified atom stereocenters. The van der Waals surface area contributed by atoms with Gasteiger partial charge in [-0.15, -0.1) is 0 Å². The highest BCUT2D eigenvalue weighted by atomic mass is 16.5. The molecule has 1 fully saturated rings. The van der Waals surface area contributed by atoms with Gasteiger partial charge in [-0.05, 0) is 31.4 Å². The quantitative estimate of drug-likeness (QED) is 0.796. The number of likely N-dealkylation sites (tertiary alicyclic amines) is 1. The smallest absolute Gasteiger partial charge is 0.225 e. The van der Waals surface area contributed by atoms with Gasteiger partial charge in [0.15, 0.2) is 0 Å². The molecule has 138 valence electrons. The van der Waals surface area contributed by atoms with E-state index in [1.807, 2.05) is 57.0 Å². The van der Waals surface area contributed by atoms with Crippen LogP contribution in [0.1, 0.15) is 32.3 Å². The molecule has 1 heterocycles. The topological polar surface area (TPSA) is 49.9 Å². The van der Waals surface area contributed by atoms with Crippen LogP contribution < -0.4 is 4.74 Å². The summed E-state index contributed by atoms with van der Waals surface area (Å²) in [5.74, 6) is 1.24. The molecule has 0 atom stereocenters. The predicted octanol–water partition coefficient (Wildman–Crippen LogP) is 2.73. The lowest BCUT2D eigenvalue weighted by Crippen LogP contribution is -2.45. The summed E-state index contributed by atoms with van der Waals surface area (Å²) < 4.78 is 5.77. The fourth-order valence-corrected chi connectivity index (χ4v) is 3.14. The first kappa shape index (κ1) is 19.3. The van der Waals surface area contributed by atoms with Crippen molar-refractivity contribution in [1.82, 2.24) is 9.80 Å². The Balaban J connectivity index is 1.75. The number of aryl methyl sites for hydroxylation is 1. The van der Waals surface area contributed by atoms with Gasteiger partial charge in [0.05, 0.1) is 6.54 Å². The van der Waals surface area contributed by atoms with Crippen molar-refractivity contribution in [2.75, 3.05) is 33.3 Å². The number of ether oxygens (including phenoxy) is 1. The summed E-state index contributed by atoms with van der Waals surface area (Å²) in [5.41, 5.74) is 1.10. The van der Waals surface area contributed by atoms with Crippen molar-refractivity contribution >= 4 is 11.8 Å². The van der Waals surface area contributed by atoms with Crippen molar-refractivity contribution in [3.63, 3.8) is 0 Å². The minimum absolute atomic E-state index is 0.0136. The Morgan fingerprint density at radius 2 is 1.88 bits per heavy atom. The standard InChI is InChI=1S/C20H30N2O3/c1-15(2)19(23)22-11-9-17(10-12-22)20(24)21(4)13-14-25-18-8-6-5-7-16(18)3/h5-8,15,17H,9-14H2,1-4H3. The Labute approximate surface area is 150 Å². The number of carbonyl (C=O) groups excluding carboxylic acids is 2. The number of likely N-dealkylation sites (N-methyl/N-ethyl adjacent to an activating group) is 1. The first-order chi connectivity index (χ1) is 11.9. The average molecular weight is 346 g/mol. The second-order valence-electron chi connectivity index (χ2n) is 7.13. The third-order valence-electron chi connectivity index (χ3n) is 4.80. The molecule has 0 aromatic heterocycles. The summed E-state index contributed by atoms with van der Waals surface area (Å²) in [5, 5.41) is 0. The SMILES string of the molecule is Cc1ccccc1OCCN(C)C(=O)C1CCN(C(=O)C(C)C)CC1. The van der Waals surface area contributed by atoms with Gasteiger partial charge >= 0.3 is 0 Å². The Kier molecular flexibility index (Phi) is 6.85. The van der Waals surface area contributed by atoms with Gasteiger partial charge in [-0.2, -0.15) is 0 Å². The molecule has 0 N–H and O–H groups in total. The molecular formula is C20H30N2O3. The molecule has 5 nitrogen and oxygen atoms in total. The van der Waals surface area contributed by atoms with Crippen LogP contribution in [0.4, 0.5) is 0 Å². The van der Waals surface area contributed by atoms with Gasteiger partial charge in [-0.3, -0.25) is 9.59 Å². The lowest BCUT2D eigenvalue weighted by molar-refractivity contribution is -0.141. The summed E-state index contributed by atoms with van der Waals surface area (Å²) in [6, 6.07) is 7.88. The van der Waals surface area contributed by atoms with Gasteiger partial charge < -0.3 is 14.5 Å². The molecule has 1 aromatic carbocycles. The lowest BCUT2D eigenvalue weighted by Gasteiger charge is -2.34. The number of rotatable bonds is 6. The van der Waals surface area contributed by atoms with Crippen LogP contribution in [0.15, 0.2) is 24.3 Å². The zero-order valence-corrected chi connectivity index (χ0v) is 15.8. The number of para-hydroxylation sites is 1. The maximum Gasteiger partial charge on any atom is 0.225 e. The molecule has 25 heavy (non-hydrogen) atoms. The number of hydrogen-bond acceptors (Lipinski definition) is 3. The van der Waals surface area contributed by atoms with Crippen LogP contribution in [0, 0.1) is 18.8 Å². The van der Waals surface area contributed by atoms with Gasteiger partial charge in [-0.1, -0.05) is 32.0 Å². The Bertz CT molecular complexity index is 592. The zero-order valence-electron chi connectivity index (χ0n) is 15.8. The molecule has 0 spiro atoms. The third kappa shape index (κ3) is 5.21. The van der Waals surface area contributed by atoms with E-state index in [1.165, 1.54) is 0 Å². The van der Waals surface area contributed by atoms with Crippen molar-refractivity contribution in [3.8, 4) is 5.75 Å².